The molecule has 0 aliphatic heterocycles. The summed E-state index contributed by atoms with van der Waals surface area (Å²) in [5.74, 6) is -0.295. The van der Waals surface area contributed by atoms with E-state index < -0.39 is 0 Å². The van der Waals surface area contributed by atoms with Gasteiger partial charge in [0, 0.05) is 21.7 Å². The first-order valence-electron chi connectivity index (χ1n) is 7.67. The van der Waals surface area contributed by atoms with Crippen LogP contribution in [0.5, 0.6) is 0 Å². The number of nitrogens with one attached hydrogen (secondary N) is 1. The highest BCUT2D eigenvalue weighted by atomic mass is 32.1. The summed E-state index contributed by atoms with van der Waals surface area (Å²) < 4.78 is 13.0. The van der Waals surface area contributed by atoms with Crippen LogP contribution in [0.2, 0.25) is 0 Å². The van der Waals surface area contributed by atoms with Gasteiger partial charge in [0.25, 0.3) is 0 Å². The molecule has 0 bridgehead atoms. The molecule has 3 nitrogen and oxygen atoms in total. The van der Waals surface area contributed by atoms with Gasteiger partial charge < -0.3 is 5.32 Å². The van der Waals surface area contributed by atoms with E-state index in [9.17, 15) is 9.18 Å². The standard InChI is InChI=1S/C18H17FN2OS2/c1-12-17(13-7-9-14(19)10-8-13)21-18(24-12)20-16(22)6-2-4-15-5-3-11-23-15/h3,5,7-11H,2,4,6H2,1H3,(H,20,21,22). The second kappa shape index (κ2) is 7.68. The summed E-state index contributed by atoms with van der Waals surface area (Å²) in [6, 6.07) is 10.3. The van der Waals surface area contributed by atoms with Gasteiger partial charge in [-0.05, 0) is 55.5 Å². The Labute approximate surface area is 148 Å². The van der Waals surface area contributed by atoms with E-state index in [1.807, 2.05) is 18.4 Å². The molecule has 0 saturated carbocycles. The predicted molar refractivity (Wildman–Crippen MR) is 98.1 cm³/mol. The number of nitrogens with zero attached hydrogens (tertiary/aromatic N) is 1. The minimum atomic E-state index is -0.272. The Kier molecular flexibility index (Phi) is 5.37. The molecule has 2 heterocycles. The molecule has 0 spiro atoms. The van der Waals surface area contributed by atoms with Crippen LogP contribution >= 0.6 is 22.7 Å². The first kappa shape index (κ1) is 16.8. The molecule has 6 heteroatoms. The van der Waals surface area contributed by atoms with Crippen molar-refractivity contribution in [3.05, 3.63) is 57.3 Å². The Morgan fingerprint density at radius 3 is 2.75 bits per heavy atom. The maximum Gasteiger partial charge on any atom is 0.226 e. The number of anilines is 1. The first-order chi connectivity index (χ1) is 11.6. The van der Waals surface area contributed by atoms with Gasteiger partial charge in [-0.1, -0.05) is 6.07 Å². The second-order valence-electron chi connectivity index (χ2n) is 5.41. The fourth-order valence-electron chi connectivity index (χ4n) is 2.39. The summed E-state index contributed by atoms with van der Waals surface area (Å²) in [5.41, 5.74) is 1.64. The molecule has 0 atom stereocenters. The Morgan fingerprint density at radius 2 is 2.04 bits per heavy atom. The number of thiophene rings is 1. The minimum Gasteiger partial charge on any atom is -0.302 e. The number of hydrogen-bond acceptors (Lipinski definition) is 4. The largest absolute Gasteiger partial charge is 0.302 e. The number of amides is 1. The number of aryl methyl sites for hydroxylation is 2. The Morgan fingerprint density at radius 1 is 1.25 bits per heavy atom. The van der Waals surface area contributed by atoms with Crippen molar-refractivity contribution < 1.29 is 9.18 Å². The van der Waals surface area contributed by atoms with Gasteiger partial charge in [-0.15, -0.1) is 22.7 Å². The van der Waals surface area contributed by atoms with Gasteiger partial charge in [-0.25, -0.2) is 9.37 Å². The predicted octanol–water partition coefficient (Wildman–Crippen LogP) is 5.28. The lowest BCUT2D eigenvalue weighted by atomic mass is 10.1. The van der Waals surface area contributed by atoms with E-state index in [1.54, 1.807) is 23.5 Å². The molecule has 1 amide bonds. The normalized spacial score (nSPS) is 10.8. The van der Waals surface area contributed by atoms with Gasteiger partial charge in [0.05, 0.1) is 5.69 Å². The van der Waals surface area contributed by atoms with Crippen molar-refractivity contribution in [2.75, 3.05) is 5.32 Å². The molecular weight excluding hydrogens is 343 g/mol. The first-order valence-corrected chi connectivity index (χ1v) is 9.37. The molecule has 3 aromatic rings. The van der Waals surface area contributed by atoms with Crippen LogP contribution in [-0.2, 0) is 11.2 Å². The number of aromatic nitrogens is 1. The molecule has 0 aliphatic carbocycles. The Hall–Kier alpha value is -2.05. The fraction of sp³-hybridized carbons (Fsp3) is 0.222. The molecule has 0 saturated heterocycles. The SMILES string of the molecule is Cc1sc(NC(=O)CCCc2cccs2)nc1-c1ccc(F)cc1. The van der Waals surface area contributed by atoms with E-state index in [4.69, 9.17) is 0 Å². The molecule has 124 valence electrons. The van der Waals surface area contributed by atoms with Gasteiger partial charge in [0.1, 0.15) is 5.82 Å². The van der Waals surface area contributed by atoms with Gasteiger partial charge >= 0.3 is 0 Å². The molecule has 0 fully saturated rings. The van der Waals surface area contributed by atoms with Crippen LogP contribution in [0.1, 0.15) is 22.6 Å². The lowest BCUT2D eigenvalue weighted by Gasteiger charge is -2.01. The average molecular weight is 360 g/mol. The van der Waals surface area contributed by atoms with Crippen LogP contribution in [0.15, 0.2) is 41.8 Å². The number of carbonyl (C=O) groups excluding carboxylic acids is 1. The summed E-state index contributed by atoms with van der Waals surface area (Å²) in [6.45, 7) is 1.95. The maximum absolute atomic E-state index is 13.0. The lowest BCUT2D eigenvalue weighted by molar-refractivity contribution is -0.116. The number of carbonyl (C=O) groups is 1. The summed E-state index contributed by atoms with van der Waals surface area (Å²) in [4.78, 5) is 18.8. The van der Waals surface area contributed by atoms with Crippen LogP contribution in [0.4, 0.5) is 9.52 Å². The van der Waals surface area contributed by atoms with Crippen LogP contribution in [-0.4, -0.2) is 10.9 Å². The van der Waals surface area contributed by atoms with Crippen LogP contribution in [0, 0.1) is 12.7 Å². The monoisotopic (exact) mass is 360 g/mol. The topological polar surface area (TPSA) is 42.0 Å². The third-order valence-corrected chi connectivity index (χ3v) is 5.39. The van der Waals surface area contributed by atoms with Crippen molar-refractivity contribution in [1.29, 1.82) is 0 Å². The Balaban J connectivity index is 1.58. The number of benzene rings is 1. The smallest absolute Gasteiger partial charge is 0.226 e. The van der Waals surface area contributed by atoms with Gasteiger partial charge in [0.2, 0.25) is 5.91 Å². The molecule has 1 aromatic carbocycles. The Bertz CT molecular complexity index is 810. The van der Waals surface area contributed by atoms with Crippen LogP contribution in [0.25, 0.3) is 11.3 Å². The molecule has 3 rings (SSSR count). The second-order valence-corrected chi connectivity index (χ2v) is 7.65. The van der Waals surface area contributed by atoms with Crippen molar-refractivity contribution in [3.8, 4) is 11.3 Å². The zero-order chi connectivity index (χ0) is 16.9. The summed E-state index contributed by atoms with van der Waals surface area (Å²) in [6.07, 6.45) is 2.22. The van der Waals surface area contributed by atoms with Gasteiger partial charge in [-0.3, -0.25) is 4.79 Å². The zero-order valence-electron chi connectivity index (χ0n) is 13.2. The quantitative estimate of drug-likeness (QED) is 0.650. The van der Waals surface area contributed by atoms with E-state index in [0.717, 1.165) is 29.0 Å². The highest BCUT2D eigenvalue weighted by molar-refractivity contribution is 7.16. The molecule has 0 unspecified atom stereocenters. The third kappa shape index (κ3) is 4.27. The highest BCUT2D eigenvalue weighted by Crippen LogP contribution is 2.30. The maximum atomic E-state index is 13.0. The molecule has 0 radical (unpaired) electrons. The van der Waals surface area contributed by atoms with Crippen molar-refractivity contribution in [3.63, 3.8) is 0 Å². The number of hydrogen-bond donors (Lipinski definition) is 1. The third-order valence-electron chi connectivity index (χ3n) is 3.57. The van der Waals surface area contributed by atoms with Crippen LogP contribution < -0.4 is 5.32 Å². The zero-order valence-corrected chi connectivity index (χ0v) is 14.8. The molecule has 0 aliphatic rings. The van der Waals surface area contributed by atoms with Gasteiger partial charge in [0.15, 0.2) is 5.13 Å². The van der Waals surface area contributed by atoms with E-state index in [2.05, 4.69) is 16.4 Å². The van der Waals surface area contributed by atoms with Gasteiger partial charge in [-0.2, -0.15) is 0 Å². The minimum absolute atomic E-state index is 0.0223. The van der Waals surface area contributed by atoms with E-state index in [1.165, 1.54) is 28.3 Å². The van der Waals surface area contributed by atoms with E-state index >= 15 is 0 Å². The number of halogens is 1. The molecule has 24 heavy (non-hydrogen) atoms. The summed E-state index contributed by atoms with van der Waals surface area (Å²) in [7, 11) is 0. The number of thiazole rings is 1. The van der Waals surface area contributed by atoms with Crippen molar-refractivity contribution in [2.24, 2.45) is 0 Å². The van der Waals surface area contributed by atoms with Crippen molar-refractivity contribution in [1.82, 2.24) is 4.98 Å². The van der Waals surface area contributed by atoms with Crippen molar-refractivity contribution >= 4 is 33.7 Å². The van der Waals surface area contributed by atoms with Crippen molar-refractivity contribution in [2.45, 2.75) is 26.2 Å². The van der Waals surface area contributed by atoms with Crippen LogP contribution in [0.3, 0.4) is 0 Å². The number of rotatable bonds is 6. The molecule has 2 aromatic heterocycles. The van der Waals surface area contributed by atoms with E-state index in [-0.39, 0.29) is 11.7 Å². The molecule has 1 N–H and O–H groups in total. The lowest BCUT2D eigenvalue weighted by Crippen LogP contribution is -2.11. The fourth-order valence-corrected chi connectivity index (χ4v) is 3.99. The highest BCUT2D eigenvalue weighted by Gasteiger charge is 2.12. The average Bonchev–Trinajstić information content (AvgIpc) is 3.18. The molecular formula is C18H17FN2OS2. The summed E-state index contributed by atoms with van der Waals surface area (Å²) in [5, 5.41) is 5.50. The summed E-state index contributed by atoms with van der Waals surface area (Å²) >= 11 is 3.15. The van der Waals surface area contributed by atoms with E-state index in [0.29, 0.717) is 11.6 Å².